The molecule has 53 heavy (non-hydrogen) atoms. The molecule has 0 aliphatic heterocycles. The molecule has 0 N–H and O–H groups in total. The molecule has 3 heterocycles. The summed E-state index contributed by atoms with van der Waals surface area (Å²) in [6.45, 7) is 0. The zero-order valence-corrected chi connectivity index (χ0v) is 28.3. The van der Waals surface area contributed by atoms with Gasteiger partial charge in [-0.25, -0.2) is 0 Å². The first-order chi connectivity index (χ1) is 26.2. The standard InChI is InChI=1S/C48H27N5/c49-28-31-25-32(29-50)47(27-46(31)52-42-19-9-5-15-37(42)38-16-6-10-20-43(38)52)53-44-24-22-33(26-39(44)48-34-12-2-1-11-30(34)21-23-45(48)53)51-40-17-7-3-13-35(40)36-14-4-8-18-41(36)51/h1-27H. The van der Waals surface area contributed by atoms with E-state index in [1.807, 2.05) is 30.3 Å². The summed E-state index contributed by atoms with van der Waals surface area (Å²) in [5.74, 6) is 0. The van der Waals surface area contributed by atoms with Crippen LogP contribution < -0.4 is 0 Å². The van der Waals surface area contributed by atoms with Crippen LogP contribution in [0.4, 0.5) is 0 Å². The largest absolute Gasteiger partial charge is 0.309 e. The molecule has 0 atom stereocenters. The summed E-state index contributed by atoms with van der Waals surface area (Å²) in [6.07, 6.45) is 0. The third-order valence-corrected chi connectivity index (χ3v) is 10.9. The van der Waals surface area contributed by atoms with Crippen molar-refractivity contribution in [1.82, 2.24) is 13.7 Å². The fourth-order valence-electron chi connectivity index (χ4n) is 8.69. The van der Waals surface area contributed by atoms with Gasteiger partial charge in [0, 0.05) is 38.0 Å². The summed E-state index contributed by atoms with van der Waals surface area (Å²) in [6, 6.07) is 61.9. The summed E-state index contributed by atoms with van der Waals surface area (Å²) < 4.78 is 6.72. The molecule has 0 aliphatic rings. The second-order valence-corrected chi connectivity index (χ2v) is 13.6. The van der Waals surface area contributed by atoms with Gasteiger partial charge in [0.15, 0.2) is 0 Å². The van der Waals surface area contributed by atoms with E-state index in [0.717, 1.165) is 82.5 Å². The Hall–Kier alpha value is -7.60. The van der Waals surface area contributed by atoms with Gasteiger partial charge in [-0.15, -0.1) is 0 Å². The molecule has 0 saturated heterocycles. The molecule has 8 aromatic carbocycles. The van der Waals surface area contributed by atoms with E-state index in [-0.39, 0.29) is 0 Å². The van der Waals surface area contributed by atoms with Crippen LogP contribution in [0.3, 0.4) is 0 Å². The highest BCUT2D eigenvalue weighted by atomic mass is 15.0. The molecule has 11 rings (SSSR count). The molecule has 0 saturated carbocycles. The van der Waals surface area contributed by atoms with E-state index in [2.05, 4.69) is 153 Å². The Morgan fingerprint density at radius 3 is 1.32 bits per heavy atom. The number of benzene rings is 8. The number of hydrogen-bond acceptors (Lipinski definition) is 2. The van der Waals surface area contributed by atoms with Gasteiger partial charge in [-0.3, -0.25) is 0 Å². The first kappa shape index (κ1) is 29.2. The fourth-order valence-corrected chi connectivity index (χ4v) is 8.69. The van der Waals surface area contributed by atoms with Crippen molar-refractivity contribution in [2.24, 2.45) is 0 Å². The Bertz CT molecular complexity index is 3320. The molecular weight excluding hydrogens is 647 g/mol. The van der Waals surface area contributed by atoms with Gasteiger partial charge in [0.25, 0.3) is 0 Å². The van der Waals surface area contributed by atoms with Crippen LogP contribution in [-0.4, -0.2) is 13.7 Å². The van der Waals surface area contributed by atoms with Crippen molar-refractivity contribution in [1.29, 1.82) is 10.5 Å². The van der Waals surface area contributed by atoms with E-state index >= 15 is 0 Å². The minimum atomic E-state index is 0.435. The van der Waals surface area contributed by atoms with Crippen molar-refractivity contribution in [3.05, 3.63) is 175 Å². The quantitative estimate of drug-likeness (QED) is 0.187. The maximum Gasteiger partial charge on any atom is 0.101 e. The van der Waals surface area contributed by atoms with Gasteiger partial charge in [-0.2, -0.15) is 10.5 Å². The molecule has 0 amide bonds. The van der Waals surface area contributed by atoms with Crippen LogP contribution in [-0.2, 0) is 0 Å². The molecule has 0 aliphatic carbocycles. The number of rotatable bonds is 3. The molecule has 0 spiro atoms. The second kappa shape index (κ2) is 10.9. The van der Waals surface area contributed by atoms with Crippen molar-refractivity contribution in [3.8, 4) is 29.2 Å². The lowest BCUT2D eigenvalue weighted by Crippen LogP contribution is -2.04. The van der Waals surface area contributed by atoms with Crippen molar-refractivity contribution in [2.45, 2.75) is 0 Å². The fraction of sp³-hybridized carbons (Fsp3) is 0. The molecule has 244 valence electrons. The number of nitrogens with zero attached hydrogens (tertiary/aromatic N) is 5. The van der Waals surface area contributed by atoms with Crippen LogP contribution in [0.1, 0.15) is 11.1 Å². The van der Waals surface area contributed by atoms with Gasteiger partial charge in [0.2, 0.25) is 0 Å². The first-order valence-corrected chi connectivity index (χ1v) is 17.6. The van der Waals surface area contributed by atoms with E-state index < -0.39 is 0 Å². The lowest BCUT2D eigenvalue weighted by molar-refractivity contribution is 1.12. The highest BCUT2D eigenvalue weighted by Gasteiger charge is 2.22. The van der Waals surface area contributed by atoms with Gasteiger partial charge in [-0.1, -0.05) is 103 Å². The van der Waals surface area contributed by atoms with E-state index in [1.165, 1.54) is 10.8 Å². The van der Waals surface area contributed by atoms with Gasteiger partial charge in [0.05, 0.1) is 55.6 Å². The van der Waals surface area contributed by atoms with Crippen molar-refractivity contribution < 1.29 is 0 Å². The van der Waals surface area contributed by atoms with E-state index in [4.69, 9.17) is 0 Å². The number of para-hydroxylation sites is 4. The molecule has 0 radical (unpaired) electrons. The molecule has 0 bridgehead atoms. The lowest BCUT2D eigenvalue weighted by atomic mass is 10.0. The predicted octanol–water partition coefficient (Wildman–Crippen LogP) is 11.9. The molecule has 5 heteroatoms. The van der Waals surface area contributed by atoms with Crippen LogP contribution in [0.5, 0.6) is 0 Å². The van der Waals surface area contributed by atoms with Gasteiger partial charge in [0.1, 0.15) is 12.1 Å². The van der Waals surface area contributed by atoms with E-state index in [1.54, 1.807) is 6.07 Å². The van der Waals surface area contributed by atoms with Crippen molar-refractivity contribution >= 4 is 76.2 Å². The van der Waals surface area contributed by atoms with E-state index in [9.17, 15) is 10.5 Å². The number of nitriles is 2. The third-order valence-electron chi connectivity index (χ3n) is 10.9. The predicted molar refractivity (Wildman–Crippen MR) is 216 cm³/mol. The summed E-state index contributed by atoms with van der Waals surface area (Å²) >= 11 is 0. The highest BCUT2D eigenvalue weighted by Crippen LogP contribution is 2.41. The Kier molecular flexibility index (Phi) is 6.02. The van der Waals surface area contributed by atoms with Gasteiger partial charge in [-0.05, 0) is 71.4 Å². The molecule has 3 aromatic heterocycles. The minimum Gasteiger partial charge on any atom is -0.309 e. The topological polar surface area (TPSA) is 62.4 Å². The zero-order chi connectivity index (χ0) is 35.2. The van der Waals surface area contributed by atoms with E-state index in [0.29, 0.717) is 11.1 Å². The highest BCUT2D eigenvalue weighted by molar-refractivity contribution is 6.22. The van der Waals surface area contributed by atoms with Crippen LogP contribution in [0.15, 0.2) is 164 Å². The molecule has 0 unspecified atom stereocenters. The summed E-state index contributed by atoms with van der Waals surface area (Å²) in [4.78, 5) is 0. The molecule has 0 fully saturated rings. The average molecular weight is 674 g/mol. The van der Waals surface area contributed by atoms with Crippen LogP contribution >= 0.6 is 0 Å². The average Bonchev–Trinajstić information content (AvgIpc) is 3.86. The van der Waals surface area contributed by atoms with Crippen molar-refractivity contribution in [2.75, 3.05) is 0 Å². The molecular formula is C48H27N5. The number of hydrogen-bond donors (Lipinski definition) is 0. The smallest absolute Gasteiger partial charge is 0.101 e. The van der Waals surface area contributed by atoms with Crippen LogP contribution in [0.25, 0.3) is 93.3 Å². The number of aromatic nitrogens is 3. The summed E-state index contributed by atoms with van der Waals surface area (Å²) in [5, 5.41) is 30.4. The maximum absolute atomic E-state index is 10.7. The Labute approximate surface area is 303 Å². The normalized spacial score (nSPS) is 11.7. The van der Waals surface area contributed by atoms with Crippen LogP contribution in [0, 0.1) is 22.7 Å². The Morgan fingerprint density at radius 1 is 0.340 bits per heavy atom. The van der Waals surface area contributed by atoms with Crippen molar-refractivity contribution in [3.63, 3.8) is 0 Å². The lowest BCUT2D eigenvalue weighted by Gasteiger charge is -2.16. The SMILES string of the molecule is N#Cc1cc(C#N)c(-n2c3ccc(-n4c5ccccc5c5ccccc54)cc3c3c4ccccc4ccc32)cc1-n1c2ccccc2c2ccccc21. The van der Waals surface area contributed by atoms with Gasteiger partial charge >= 0.3 is 0 Å². The second-order valence-electron chi connectivity index (χ2n) is 13.6. The Morgan fingerprint density at radius 2 is 0.774 bits per heavy atom. The molecule has 11 aromatic rings. The van der Waals surface area contributed by atoms with Crippen LogP contribution in [0.2, 0.25) is 0 Å². The summed E-state index contributed by atoms with van der Waals surface area (Å²) in [7, 11) is 0. The van der Waals surface area contributed by atoms with Gasteiger partial charge < -0.3 is 13.7 Å². The Balaban J connectivity index is 1.26. The first-order valence-electron chi connectivity index (χ1n) is 17.6. The summed E-state index contributed by atoms with van der Waals surface area (Å²) in [5.41, 5.74) is 9.68. The third kappa shape index (κ3) is 3.99. The monoisotopic (exact) mass is 673 g/mol. The maximum atomic E-state index is 10.7. The molecule has 5 nitrogen and oxygen atoms in total. The minimum absolute atomic E-state index is 0.435. The number of fused-ring (bicyclic) bond motifs is 11. The zero-order valence-electron chi connectivity index (χ0n) is 28.3.